The van der Waals surface area contributed by atoms with Gasteiger partial charge in [-0.05, 0) is 36.1 Å². The predicted octanol–water partition coefficient (Wildman–Crippen LogP) is 4.51. The van der Waals surface area contributed by atoms with Crippen LogP contribution in [-0.4, -0.2) is 25.1 Å². The molecule has 3 aromatic rings. The van der Waals surface area contributed by atoms with Crippen LogP contribution in [0.5, 0.6) is 11.5 Å². The Balaban J connectivity index is 2.00. The molecule has 0 saturated carbocycles. The van der Waals surface area contributed by atoms with E-state index in [4.69, 9.17) is 18.6 Å². The summed E-state index contributed by atoms with van der Waals surface area (Å²) in [5, 5.41) is 12.1. The molecule has 0 radical (unpaired) electrons. The highest BCUT2D eigenvalue weighted by Crippen LogP contribution is 2.35. The highest BCUT2D eigenvalue weighted by molar-refractivity contribution is 5.95. The summed E-state index contributed by atoms with van der Waals surface area (Å²) >= 11 is 0. The highest BCUT2D eigenvalue weighted by Gasteiger charge is 2.26. The van der Waals surface area contributed by atoms with E-state index in [9.17, 15) is 19.7 Å². The number of methoxy groups -OCH3 is 2. The second kappa shape index (κ2) is 9.09. The lowest BCUT2D eigenvalue weighted by Crippen LogP contribution is -2.11. The lowest BCUT2D eigenvalue weighted by molar-refractivity contribution is -0.385. The summed E-state index contributed by atoms with van der Waals surface area (Å²) in [6.07, 6.45) is 0. The molecule has 9 nitrogen and oxygen atoms in total. The van der Waals surface area contributed by atoms with Crippen molar-refractivity contribution in [2.45, 2.75) is 33.3 Å². The van der Waals surface area contributed by atoms with Gasteiger partial charge in [-0.25, -0.2) is 9.59 Å². The SMILES string of the molecule is COc1cc(C(=O)OCc2cc(=O)oc3cc(C)c(C(C)C)cc23)c([N+](=O)[O-])cc1OC. The Hall–Kier alpha value is -3.88. The fraction of sp³-hybridized carbons (Fsp3) is 0.304. The first-order valence-corrected chi connectivity index (χ1v) is 9.81. The lowest BCUT2D eigenvalue weighted by atomic mass is 9.95. The van der Waals surface area contributed by atoms with Crippen molar-refractivity contribution in [3.8, 4) is 11.5 Å². The van der Waals surface area contributed by atoms with Gasteiger partial charge in [0, 0.05) is 23.1 Å². The van der Waals surface area contributed by atoms with Crippen LogP contribution in [0.3, 0.4) is 0 Å². The monoisotopic (exact) mass is 441 g/mol. The molecule has 1 heterocycles. The van der Waals surface area contributed by atoms with E-state index in [1.165, 1.54) is 26.4 Å². The number of nitrogens with zero attached hydrogens (tertiary/aromatic N) is 1. The number of fused-ring (bicyclic) bond motifs is 1. The summed E-state index contributed by atoms with van der Waals surface area (Å²) in [7, 11) is 2.68. The Bertz CT molecular complexity index is 1260. The molecule has 0 saturated heterocycles. The molecular weight excluding hydrogens is 418 g/mol. The average molecular weight is 441 g/mol. The number of hydrogen-bond acceptors (Lipinski definition) is 8. The summed E-state index contributed by atoms with van der Waals surface area (Å²) in [6, 6.07) is 7.21. The van der Waals surface area contributed by atoms with Gasteiger partial charge in [0.05, 0.1) is 25.2 Å². The van der Waals surface area contributed by atoms with E-state index in [1.807, 2.05) is 26.8 Å². The number of carbonyl (C=O) groups excluding carboxylic acids is 1. The maximum atomic E-state index is 12.7. The Kier molecular flexibility index (Phi) is 6.47. The first kappa shape index (κ1) is 22.8. The van der Waals surface area contributed by atoms with Crippen molar-refractivity contribution in [1.29, 1.82) is 0 Å². The quantitative estimate of drug-likeness (QED) is 0.227. The van der Waals surface area contributed by atoms with Gasteiger partial charge in [-0.15, -0.1) is 0 Å². The molecule has 0 unspecified atom stereocenters. The number of esters is 1. The van der Waals surface area contributed by atoms with Crippen LogP contribution < -0.4 is 15.1 Å². The molecule has 0 amide bonds. The van der Waals surface area contributed by atoms with Crippen molar-refractivity contribution in [3.05, 3.63) is 73.1 Å². The van der Waals surface area contributed by atoms with Crippen LogP contribution in [0.2, 0.25) is 0 Å². The number of nitro benzene ring substituents is 1. The van der Waals surface area contributed by atoms with Crippen molar-refractivity contribution < 1.29 is 28.3 Å². The number of ether oxygens (including phenoxy) is 3. The average Bonchev–Trinajstić information content (AvgIpc) is 2.75. The standard InChI is InChI=1S/C23H23NO8/c1-12(2)15-8-16-14(7-22(25)32-19(16)6-13(15)3)11-31-23(26)17-9-20(29-4)21(30-5)10-18(17)24(27)28/h6-10,12H,11H2,1-5H3. The van der Waals surface area contributed by atoms with E-state index < -0.39 is 22.2 Å². The largest absolute Gasteiger partial charge is 0.493 e. The zero-order valence-corrected chi connectivity index (χ0v) is 18.4. The van der Waals surface area contributed by atoms with E-state index in [1.54, 1.807) is 6.07 Å². The third-order valence-electron chi connectivity index (χ3n) is 5.12. The summed E-state index contributed by atoms with van der Waals surface area (Å²) in [5.74, 6) is -0.446. The number of benzene rings is 2. The molecule has 0 bridgehead atoms. The van der Waals surface area contributed by atoms with Crippen LogP contribution in [-0.2, 0) is 11.3 Å². The van der Waals surface area contributed by atoms with Gasteiger partial charge in [-0.3, -0.25) is 10.1 Å². The summed E-state index contributed by atoms with van der Waals surface area (Å²) in [5.41, 5.74) is 1.50. The van der Waals surface area contributed by atoms with Gasteiger partial charge in [0.2, 0.25) is 0 Å². The first-order valence-electron chi connectivity index (χ1n) is 9.81. The van der Waals surface area contributed by atoms with Crippen LogP contribution in [0, 0.1) is 17.0 Å². The molecule has 0 fully saturated rings. The van der Waals surface area contributed by atoms with Gasteiger partial charge < -0.3 is 18.6 Å². The van der Waals surface area contributed by atoms with Crippen LogP contribution >= 0.6 is 0 Å². The Morgan fingerprint density at radius 3 is 2.34 bits per heavy atom. The van der Waals surface area contributed by atoms with Gasteiger partial charge in [-0.1, -0.05) is 13.8 Å². The Labute approximate surface area is 183 Å². The number of hydrogen-bond donors (Lipinski definition) is 0. The minimum atomic E-state index is -0.935. The van der Waals surface area contributed by atoms with Gasteiger partial charge in [0.25, 0.3) is 5.69 Å². The van der Waals surface area contributed by atoms with E-state index in [0.29, 0.717) is 16.5 Å². The molecule has 3 rings (SSSR count). The number of nitro groups is 1. The van der Waals surface area contributed by atoms with Gasteiger partial charge in [0.15, 0.2) is 11.5 Å². The zero-order valence-electron chi connectivity index (χ0n) is 18.4. The topological polar surface area (TPSA) is 118 Å². The fourth-order valence-corrected chi connectivity index (χ4v) is 3.54. The maximum absolute atomic E-state index is 12.7. The minimum absolute atomic E-state index is 0.110. The van der Waals surface area contributed by atoms with E-state index in [2.05, 4.69) is 0 Å². The number of carbonyl (C=O) groups is 1. The van der Waals surface area contributed by atoms with Crippen molar-refractivity contribution in [2.75, 3.05) is 14.2 Å². The summed E-state index contributed by atoms with van der Waals surface area (Å²) in [4.78, 5) is 35.5. The van der Waals surface area contributed by atoms with E-state index >= 15 is 0 Å². The number of aryl methyl sites for hydroxylation is 1. The molecule has 1 aromatic heterocycles. The minimum Gasteiger partial charge on any atom is -0.493 e. The maximum Gasteiger partial charge on any atom is 0.345 e. The van der Waals surface area contributed by atoms with Crippen LogP contribution in [0.4, 0.5) is 5.69 Å². The number of rotatable bonds is 7. The third-order valence-corrected chi connectivity index (χ3v) is 5.12. The molecule has 0 spiro atoms. The third kappa shape index (κ3) is 4.41. The van der Waals surface area contributed by atoms with Crippen LogP contribution in [0.25, 0.3) is 11.0 Å². The zero-order chi connectivity index (χ0) is 23.6. The summed E-state index contributed by atoms with van der Waals surface area (Å²) in [6.45, 7) is 5.75. The van der Waals surface area contributed by atoms with Crippen molar-refractivity contribution in [2.24, 2.45) is 0 Å². The van der Waals surface area contributed by atoms with Crippen molar-refractivity contribution >= 4 is 22.6 Å². The van der Waals surface area contributed by atoms with Crippen LogP contribution in [0.1, 0.15) is 46.8 Å². The molecule has 0 aliphatic carbocycles. The normalized spacial score (nSPS) is 10.9. The smallest absolute Gasteiger partial charge is 0.345 e. The second-order valence-electron chi connectivity index (χ2n) is 7.51. The van der Waals surface area contributed by atoms with Gasteiger partial charge >= 0.3 is 11.6 Å². The first-order chi connectivity index (χ1) is 15.2. The van der Waals surface area contributed by atoms with Gasteiger partial charge in [0.1, 0.15) is 17.8 Å². The Morgan fingerprint density at radius 1 is 1.09 bits per heavy atom. The van der Waals surface area contributed by atoms with Crippen molar-refractivity contribution in [3.63, 3.8) is 0 Å². The van der Waals surface area contributed by atoms with E-state index in [0.717, 1.165) is 17.2 Å². The summed E-state index contributed by atoms with van der Waals surface area (Å²) < 4.78 is 20.9. The molecule has 0 aliphatic rings. The highest BCUT2D eigenvalue weighted by atomic mass is 16.6. The van der Waals surface area contributed by atoms with E-state index in [-0.39, 0.29) is 29.6 Å². The molecule has 0 aliphatic heterocycles. The molecule has 32 heavy (non-hydrogen) atoms. The predicted molar refractivity (Wildman–Crippen MR) is 117 cm³/mol. The molecule has 168 valence electrons. The lowest BCUT2D eigenvalue weighted by Gasteiger charge is -2.13. The molecule has 0 atom stereocenters. The van der Waals surface area contributed by atoms with Gasteiger partial charge in [-0.2, -0.15) is 0 Å². The molecule has 2 aromatic carbocycles. The van der Waals surface area contributed by atoms with Crippen LogP contribution in [0.15, 0.2) is 39.5 Å². The molecule has 0 N–H and O–H groups in total. The molecule has 9 heteroatoms. The molecular formula is C23H23NO8. The fourth-order valence-electron chi connectivity index (χ4n) is 3.54. The Morgan fingerprint density at radius 2 is 1.75 bits per heavy atom. The second-order valence-corrected chi connectivity index (χ2v) is 7.51. The van der Waals surface area contributed by atoms with Crippen molar-refractivity contribution in [1.82, 2.24) is 0 Å².